The number of amides is 1. The first kappa shape index (κ1) is 18.2. The van der Waals surface area contributed by atoms with Gasteiger partial charge in [-0.05, 0) is 41.9 Å². The molecule has 1 N–H and O–H groups in total. The molecule has 0 aliphatic heterocycles. The molecule has 2 aromatic heterocycles. The summed E-state index contributed by atoms with van der Waals surface area (Å²) in [7, 11) is 1.58. The SMILES string of the molecule is COc1ccccc1NC(=O)c1cc(-c2cccc3nnsc23)nc2ccccc12. The Balaban J connectivity index is 1.66. The molecule has 0 atom stereocenters. The van der Waals surface area contributed by atoms with Gasteiger partial charge in [-0.1, -0.05) is 47.0 Å². The molecule has 0 aliphatic carbocycles. The second-order valence-electron chi connectivity index (χ2n) is 6.65. The number of ether oxygens (including phenoxy) is 1. The standard InChI is InChI=1S/C23H16N4O2S/c1-29-21-12-5-4-10-18(21)25-23(28)16-13-20(24-17-9-3-2-7-14(16)17)15-8-6-11-19-22(15)30-27-26-19/h2-13H,1H3,(H,25,28). The molecular weight excluding hydrogens is 396 g/mol. The van der Waals surface area contributed by atoms with Crippen LogP contribution >= 0.6 is 11.5 Å². The monoisotopic (exact) mass is 412 g/mol. The normalized spacial score (nSPS) is 11.0. The molecule has 2 heterocycles. The Morgan fingerprint density at radius 3 is 2.67 bits per heavy atom. The minimum atomic E-state index is -0.228. The van der Waals surface area contributed by atoms with Crippen LogP contribution < -0.4 is 10.1 Å². The summed E-state index contributed by atoms with van der Waals surface area (Å²) in [5, 5.41) is 7.89. The van der Waals surface area contributed by atoms with Crippen LogP contribution in [0.15, 0.2) is 72.8 Å². The highest BCUT2D eigenvalue weighted by molar-refractivity contribution is 7.13. The molecule has 3 aromatic carbocycles. The maximum atomic E-state index is 13.3. The number of benzene rings is 3. The van der Waals surface area contributed by atoms with E-state index in [1.54, 1.807) is 7.11 Å². The molecule has 0 spiro atoms. The number of para-hydroxylation sites is 3. The molecule has 6 nitrogen and oxygen atoms in total. The van der Waals surface area contributed by atoms with E-state index >= 15 is 0 Å². The Bertz CT molecular complexity index is 1400. The van der Waals surface area contributed by atoms with Gasteiger partial charge in [0, 0.05) is 10.9 Å². The molecule has 7 heteroatoms. The van der Waals surface area contributed by atoms with Crippen LogP contribution in [0.4, 0.5) is 5.69 Å². The van der Waals surface area contributed by atoms with E-state index in [9.17, 15) is 4.79 Å². The average molecular weight is 412 g/mol. The molecule has 30 heavy (non-hydrogen) atoms. The van der Waals surface area contributed by atoms with Crippen LogP contribution in [0.1, 0.15) is 10.4 Å². The van der Waals surface area contributed by atoms with Gasteiger partial charge >= 0.3 is 0 Å². The number of fused-ring (bicyclic) bond motifs is 2. The fourth-order valence-electron chi connectivity index (χ4n) is 3.45. The third-order valence-corrected chi connectivity index (χ3v) is 5.64. The highest BCUT2D eigenvalue weighted by Gasteiger charge is 2.17. The second-order valence-corrected chi connectivity index (χ2v) is 7.41. The lowest BCUT2D eigenvalue weighted by molar-refractivity contribution is 0.102. The van der Waals surface area contributed by atoms with E-state index in [0.717, 1.165) is 26.7 Å². The van der Waals surface area contributed by atoms with Gasteiger partial charge in [0.2, 0.25) is 0 Å². The summed E-state index contributed by atoms with van der Waals surface area (Å²) in [5.41, 5.74) is 4.31. The van der Waals surface area contributed by atoms with Crippen LogP contribution in [0.3, 0.4) is 0 Å². The van der Waals surface area contributed by atoms with Crippen molar-refractivity contribution in [3.05, 3.63) is 78.4 Å². The number of carbonyl (C=O) groups excluding carboxylic acids is 1. The predicted octanol–water partition coefficient (Wildman–Crippen LogP) is 5.17. The Morgan fingerprint density at radius 2 is 1.77 bits per heavy atom. The van der Waals surface area contributed by atoms with Crippen molar-refractivity contribution in [2.24, 2.45) is 0 Å². The van der Waals surface area contributed by atoms with E-state index in [1.165, 1.54) is 11.5 Å². The topological polar surface area (TPSA) is 77.0 Å². The smallest absolute Gasteiger partial charge is 0.256 e. The van der Waals surface area contributed by atoms with E-state index in [-0.39, 0.29) is 5.91 Å². The number of hydrogen-bond donors (Lipinski definition) is 1. The lowest BCUT2D eigenvalue weighted by atomic mass is 10.0. The molecule has 0 radical (unpaired) electrons. The number of nitrogens with zero attached hydrogens (tertiary/aromatic N) is 3. The third kappa shape index (κ3) is 3.15. The van der Waals surface area contributed by atoms with E-state index in [1.807, 2.05) is 72.8 Å². The quantitative estimate of drug-likeness (QED) is 0.441. The van der Waals surface area contributed by atoms with Crippen molar-refractivity contribution in [1.29, 1.82) is 0 Å². The summed E-state index contributed by atoms with van der Waals surface area (Å²) in [4.78, 5) is 18.1. The second kappa shape index (κ2) is 7.53. The number of pyridine rings is 1. The van der Waals surface area contributed by atoms with Gasteiger partial charge in [-0.15, -0.1) is 5.10 Å². The molecule has 1 amide bonds. The maximum Gasteiger partial charge on any atom is 0.256 e. The van der Waals surface area contributed by atoms with Crippen LogP contribution in [0.2, 0.25) is 0 Å². The summed E-state index contributed by atoms with van der Waals surface area (Å²) in [6.07, 6.45) is 0. The zero-order valence-electron chi connectivity index (χ0n) is 16.0. The van der Waals surface area contributed by atoms with Crippen molar-refractivity contribution in [3.8, 4) is 17.0 Å². The van der Waals surface area contributed by atoms with Gasteiger partial charge in [0.25, 0.3) is 5.91 Å². The molecule has 0 saturated carbocycles. The molecule has 5 rings (SSSR count). The fraction of sp³-hybridized carbons (Fsp3) is 0.0435. The van der Waals surface area contributed by atoms with Crippen LogP contribution in [-0.2, 0) is 0 Å². The molecule has 0 unspecified atom stereocenters. The first-order valence-electron chi connectivity index (χ1n) is 9.30. The predicted molar refractivity (Wildman–Crippen MR) is 119 cm³/mol. The molecule has 0 aliphatic rings. The molecule has 0 fully saturated rings. The molecule has 5 aromatic rings. The van der Waals surface area contributed by atoms with Gasteiger partial charge < -0.3 is 10.1 Å². The number of nitrogens with one attached hydrogen (secondary N) is 1. The van der Waals surface area contributed by atoms with Crippen molar-refractivity contribution >= 4 is 44.2 Å². The summed E-state index contributed by atoms with van der Waals surface area (Å²) in [5.74, 6) is 0.374. The number of carbonyl (C=O) groups is 1. The summed E-state index contributed by atoms with van der Waals surface area (Å²) in [6.45, 7) is 0. The summed E-state index contributed by atoms with van der Waals surface area (Å²) >= 11 is 1.32. The third-order valence-electron chi connectivity index (χ3n) is 4.87. The van der Waals surface area contributed by atoms with Crippen LogP contribution in [0.5, 0.6) is 5.75 Å². The Hall–Kier alpha value is -3.84. The van der Waals surface area contributed by atoms with Crippen molar-refractivity contribution in [2.45, 2.75) is 0 Å². The zero-order valence-corrected chi connectivity index (χ0v) is 16.8. The van der Waals surface area contributed by atoms with Gasteiger partial charge in [-0.2, -0.15) is 0 Å². The number of hydrogen-bond acceptors (Lipinski definition) is 6. The highest BCUT2D eigenvalue weighted by Crippen LogP contribution is 2.32. The fourth-order valence-corrected chi connectivity index (χ4v) is 4.13. The lowest BCUT2D eigenvalue weighted by Crippen LogP contribution is -2.13. The highest BCUT2D eigenvalue weighted by atomic mass is 32.1. The van der Waals surface area contributed by atoms with E-state index in [0.29, 0.717) is 22.7 Å². The Kier molecular flexibility index (Phi) is 4.57. The van der Waals surface area contributed by atoms with Crippen molar-refractivity contribution in [1.82, 2.24) is 14.6 Å². The lowest BCUT2D eigenvalue weighted by Gasteiger charge is -2.13. The number of rotatable bonds is 4. The molecule has 0 saturated heterocycles. The minimum Gasteiger partial charge on any atom is -0.495 e. The van der Waals surface area contributed by atoms with Gasteiger partial charge in [0.15, 0.2) is 0 Å². The van der Waals surface area contributed by atoms with Gasteiger partial charge in [-0.3, -0.25) is 4.79 Å². The van der Waals surface area contributed by atoms with Crippen molar-refractivity contribution < 1.29 is 9.53 Å². The number of aromatic nitrogens is 3. The minimum absolute atomic E-state index is 0.228. The first-order valence-corrected chi connectivity index (χ1v) is 10.1. The Morgan fingerprint density at radius 1 is 0.967 bits per heavy atom. The molecule has 0 bridgehead atoms. The van der Waals surface area contributed by atoms with Gasteiger partial charge in [0.05, 0.1) is 34.3 Å². The Labute approximate surface area is 176 Å². The largest absolute Gasteiger partial charge is 0.495 e. The molecular formula is C23H16N4O2S. The van der Waals surface area contributed by atoms with E-state index in [4.69, 9.17) is 9.72 Å². The average Bonchev–Trinajstić information content (AvgIpc) is 3.27. The van der Waals surface area contributed by atoms with Gasteiger partial charge in [0.1, 0.15) is 11.3 Å². The van der Waals surface area contributed by atoms with E-state index in [2.05, 4.69) is 14.9 Å². The first-order chi connectivity index (χ1) is 14.7. The van der Waals surface area contributed by atoms with Crippen LogP contribution in [0, 0.1) is 0 Å². The van der Waals surface area contributed by atoms with Crippen LogP contribution in [-0.4, -0.2) is 27.6 Å². The summed E-state index contributed by atoms with van der Waals surface area (Å²) < 4.78 is 10.4. The maximum absolute atomic E-state index is 13.3. The van der Waals surface area contributed by atoms with Crippen molar-refractivity contribution in [2.75, 3.05) is 12.4 Å². The number of methoxy groups -OCH3 is 1. The summed E-state index contributed by atoms with van der Waals surface area (Å²) in [6, 6.07) is 22.6. The van der Waals surface area contributed by atoms with E-state index < -0.39 is 0 Å². The zero-order chi connectivity index (χ0) is 20.5. The van der Waals surface area contributed by atoms with Crippen molar-refractivity contribution in [3.63, 3.8) is 0 Å². The molecule has 146 valence electrons. The van der Waals surface area contributed by atoms with Crippen LogP contribution in [0.25, 0.3) is 32.4 Å². The number of anilines is 1. The van der Waals surface area contributed by atoms with Gasteiger partial charge in [-0.25, -0.2) is 4.98 Å².